The molecule has 29 heavy (non-hydrogen) atoms. The SMILES string of the molecule is O=C(O)C1=CC=CN(CC2CCCCO2)C1SCCC(F)(F)c1ccc(F)cc1. The molecule has 0 aromatic heterocycles. The Morgan fingerprint density at radius 3 is 2.69 bits per heavy atom. The first kappa shape index (κ1) is 21.8. The van der Waals surface area contributed by atoms with Crippen molar-refractivity contribution in [2.45, 2.75) is 43.1 Å². The van der Waals surface area contributed by atoms with Crippen LogP contribution in [-0.4, -0.2) is 46.4 Å². The lowest BCUT2D eigenvalue weighted by molar-refractivity contribution is -0.133. The van der Waals surface area contributed by atoms with Crippen LogP contribution in [0.4, 0.5) is 13.2 Å². The molecular weight excluding hydrogens is 403 g/mol. The monoisotopic (exact) mass is 427 g/mol. The number of halogens is 3. The van der Waals surface area contributed by atoms with E-state index in [4.69, 9.17) is 4.74 Å². The van der Waals surface area contributed by atoms with E-state index in [0.29, 0.717) is 13.2 Å². The van der Waals surface area contributed by atoms with Gasteiger partial charge in [0.05, 0.1) is 11.7 Å². The Kier molecular flexibility index (Phi) is 7.29. The maximum Gasteiger partial charge on any atom is 0.334 e. The van der Waals surface area contributed by atoms with Crippen LogP contribution in [0.1, 0.15) is 31.2 Å². The number of carbonyl (C=O) groups is 1. The predicted molar refractivity (Wildman–Crippen MR) is 106 cm³/mol. The van der Waals surface area contributed by atoms with Gasteiger partial charge in [0.1, 0.15) is 11.2 Å². The Morgan fingerprint density at radius 2 is 2.03 bits per heavy atom. The number of hydrogen-bond donors (Lipinski definition) is 1. The summed E-state index contributed by atoms with van der Waals surface area (Å²) in [6.07, 6.45) is 7.48. The molecule has 4 nitrogen and oxygen atoms in total. The number of nitrogens with zero attached hydrogens (tertiary/aromatic N) is 1. The van der Waals surface area contributed by atoms with Crippen LogP contribution in [0.15, 0.2) is 48.2 Å². The molecule has 0 saturated carbocycles. The van der Waals surface area contributed by atoms with Crippen LogP contribution >= 0.6 is 11.8 Å². The van der Waals surface area contributed by atoms with Crippen molar-refractivity contribution in [3.8, 4) is 0 Å². The molecular formula is C21H24F3NO3S. The Balaban J connectivity index is 1.64. The van der Waals surface area contributed by atoms with Gasteiger partial charge < -0.3 is 14.7 Å². The molecule has 2 atom stereocenters. The molecule has 2 heterocycles. The molecule has 3 rings (SSSR count). The normalized spacial score (nSPS) is 22.4. The van der Waals surface area contributed by atoms with Gasteiger partial charge in [0, 0.05) is 37.1 Å². The third kappa shape index (κ3) is 5.79. The summed E-state index contributed by atoms with van der Waals surface area (Å²) in [5.41, 5.74) is -0.0806. The van der Waals surface area contributed by atoms with Crippen LogP contribution in [0.3, 0.4) is 0 Å². The number of thioether (sulfide) groups is 1. The highest BCUT2D eigenvalue weighted by Gasteiger charge is 2.34. The smallest absolute Gasteiger partial charge is 0.334 e. The summed E-state index contributed by atoms with van der Waals surface area (Å²) in [7, 11) is 0. The highest BCUT2D eigenvalue weighted by Crippen LogP contribution is 2.36. The summed E-state index contributed by atoms with van der Waals surface area (Å²) in [5, 5.41) is 8.98. The minimum absolute atomic E-state index is 0.00491. The average Bonchev–Trinajstić information content (AvgIpc) is 2.70. The number of aliphatic carboxylic acids is 1. The Hall–Kier alpha value is -1.93. The second-order valence-electron chi connectivity index (χ2n) is 7.14. The van der Waals surface area contributed by atoms with Gasteiger partial charge in [-0.2, -0.15) is 0 Å². The van der Waals surface area contributed by atoms with E-state index in [1.54, 1.807) is 12.3 Å². The van der Waals surface area contributed by atoms with E-state index in [0.717, 1.165) is 43.5 Å². The van der Waals surface area contributed by atoms with Crippen molar-refractivity contribution in [2.24, 2.45) is 0 Å². The quantitative estimate of drug-likeness (QED) is 0.647. The number of hydrogen-bond acceptors (Lipinski definition) is 4. The number of carboxylic acid groups (broad SMARTS) is 1. The molecule has 1 N–H and O–H groups in total. The van der Waals surface area contributed by atoms with E-state index in [9.17, 15) is 23.1 Å². The molecule has 1 saturated heterocycles. The molecule has 2 aliphatic rings. The van der Waals surface area contributed by atoms with Gasteiger partial charge in [-0.1, -0.05) is 12.1 Å². The third-order valence-corrected chi connectivity index (χ3v) is 6.29. The van der Waals surface area contributed by atoms with Gasteiger partial charge in [0.15, 0.2) is 0 Å². The zero-order chi connectivity index (χ0) is 20.9. The fourth-order valence-corrected chi connectivity index (χ4v) is 4.74. The number of ether oxygens (including phenoxy) is 1. The van der Waals surface area contributed by atoms with Gasteiger partial charge in [-0.25, -0.2) is 18.0 Å². The van der Waals surface area contributed by atoms with Gasteiger partial charge in [-0.05, 0) is 43.5 Å². The summed E-state index contributed by atoms with van der Waals surface area (Å²) < 4.78 is 47.6. The fraction of sp³-hybridized carbons (Fsp3) is 0.476. The Labute approximate surface area is 172 Å². The van der Waals surface area contributed by atoms with Gasteiger partial charge in [-0.3, -0.25) is 0 Å². The van der Waals surface area contributed by atoms with Crippen LogP contribution in [0, 0.1) is 5.82 Å². The molecule has 1 fully saturated rings. The second kappa shape index (κ2) is 9.71. The summed E-state index contributed by atoms with van der Waals surface area (Å²) in [5.74, 6) is -4.69. The lowest BCUT2D eigenvalue weighted by Gasteiger charge is -2.36. The van der Waals surface area contributed by atoms with E-state index in [1.165, 1.54) is 17.8 Å². The molecule has 8 heteroatoms. The summed E-state index contributed by atoms with van der Waals surface area (Å²) in [4.78, 5) is 13.5. The van der Waals surface area contributed by atoms with E-state index in [1.807, 2.05) is 4.90 Å². The van der Waals surface area contributed by atoms with Crippen molar-refractivity contribution in [1.82, 2.24) is 4.90 Å². The second-order valence-corrected chi connectivity index (χ2v) is 8.33. The van der Waals surface area contributed by atoms with Crippen LogP contribution in [0.5, 0.6) is 0 Å². The number of rotatable bonds is 8. The summed E-state index contributed by atoms with van der Waals surface area (Å²) in [6.45, 7) is 1.21. The van der Waals surface area contributed by atoms with Gasteiger partial charge in [0.2, 0.25) is 0 Å². The fourth-order valence-electron chi connectivity index (χ4n) is 3.44. The lowest BCUT2D eigenvalue weighted by atomic mass is 10.1. The molecule has 0 radical (unpaired) electrons. The van der Waals surface area contributed by atoms with Crippen LogP contribution in [-0.2, 0) is 15.5 Å². The van der Waals surface area contributed by atoms with Crippen LogP contribution in [0.2, 0.25) is 0 Å². The first-order valence-electron chi connectivity index (χ1n) is 9.61. The van der Waals surface area contributed by atoms with E-state index >= 15 is 0 Å². The van der Waals surface area contributed by atoms with Crippen molar-refractivity contribution in [3.05, 3.63) is 59.6 Å². The first-order valence-corrected chi connectivity index (χ1v) is 10.7. The van der Waals surface area contributed by atoms with Gasteiger partial charge in [-0.15, -0.1) is 11.8 Å². The standard InChI is InChI=1S/C21H24F3NO3S/c22-16-8-6-15(7-9-16)21(23,24)10-13-29-19-18(20(26)27)5-3-11-25(19)14-17-4-1-2-12-28-17/h3,5-9,11,17,19H,1-2,4,10,12-14H2,(H,26,27). The van der Waals surface area contributed by atoms with Crippen LogP contribution in [0.25, 0.3) is 0 Å². The maximum absolute atomic E-state index is 14.5. The van der Waals surface area contributed by atoms with Crippen LogP contribution < -0.4 is 0 Å². The predicted octanol–water partition coefficient (Wildman–Crippen LogP) is 4.78. The molecule has 0 spiro atoms. The minimum atomic E-state index is -3.12. The zero-order valence-corrected chi connectivity index (χ0v) is 16.7. The highest BCUT2D eigenvalue weighted by molar-refractivity contribution is 8.00. The number of alkyl halides is 2. The molecule has 0 aliphatic carbocycles. The van der Waals surface area contributed by atoms with Crippen molar-refractivity contribution in [2.75, 3.05) is 18.9 Å². The van der Waals surface area contributed by atoms with Gasteiger partial charge in [0.25, 0.3) is 5.92 Å². The zero-order valence-electron chi connectivity index (χ0n) is 15.9. The van der Waals surface area contributed by atoms with Crippen molar-refractivity contribution < 1.29 is 27.8 Å². The Morgan fingerprint density at radius 1 is 1.28 bits per heavy atom. The van der Waals surface area contributed by atoms with Crippen molar-refractivity contribution >= 4 is 17.7 Å². The number of allylic oxidation sites excluding steroid dienone is 2. The van der Waals surface area contributed by atoms with E-state index in [2.05, 4.69) is 0 Å². The molecule has 2 aliphatic heterocycles. The molecule has 0 bridgehead atoms. The van der Waals surface area contributed by atoms with E-state index < -0.39 is 29.5 Å². The maximum atomic E-state index is 14.5. The number of benzene rings is 1. The highest BCUT2D eigenvalue weighted by atomic mass is 32.2. The Bertz CT molecular complexity index is 761. The average molecular weight is 427 g/mol. The minimum Gasteiger partial charge on any atom is -0.478 e. The third-order valence-electron chi connectivity index (χ3n) is 5.01. The largest absolute Gasteiger partial charge is 0.478 e. The van der Waals surface area contributed by atoms with Crippen molar-refractivity contribution in [3.63, 3.8) is 0 Å². The molecule has 1 aromatic carbocycles. The molecule has 1 aromatic rings. The van der Waals surface area contributed by atoms with Crippen molar-refractivity contribution in [1.29, 1.82) is 0 Å². The molecule has 2 unspecified atom stereocenters. The number of carboxylic acids is 1. The summed E-state index contributed by atoms with van der Waals surface area (Å²) >= 11 is 1.17. The van der Waals surface area contributed by atoms with Gasteiger partial charge >= 0.3 is 5.97 Å². The summed E-state index contributed by atoms with van der Waals surface area (Å²) in [6, 6.07) is 4.19. The topological polar surface area (TPSA) is 49.8 Å². The van der Waals surface area contributed by atoms with E-state index in [-0.39, 0.29) is 23.0 Å². The molecule has 0 amide bonds. The molecule has 158 valence electrons. The first-order chi connectivity index (χ1) is 13.9. The lowest BCUT2D eigenvalue weighted by Crippen LogP contribution is -2.41.